The third-order valence-electron chi connectivity index (χ3n) is 3.33. The van der Waals surface area contributed by atoms with Crippen molar-refractivity contribution in [3.05, 3.63) is 84.2 Å². The van der Waals surface area contributed by atoms with E-state index < -0.39 is 5.91 Å². The van der Waals surface area contributed by atoms with Gasteiger partial charge in [0.05, 0.1) is 17.5 Å². The number of nitrogens with zero attached hydrogens (tertiary/aromatic N) is 2. The number of hydrogen-bond donors (Lipinski definition) is 2. The van der Waals surface area contributed by atoms with Crippen molar-refractivity contribution in [3.8, 4) is 11.4 Å². The molecule has 114 valence electrons. The number of aromatic nitrogens is 1. The molecule has 3 aromatic rings. The van der Waals surface area contributed by atoms with E-state index in [1.807, 2.05) is 53.2 Å². The van der Waals surface area contributed by atoms with Crippen molar-refractivity contribution in [1.29, 1.82) is 0 Å². The highest BCUT2D eigenvalue weighted by molar-refractivity contribution is 5.97. The first-order valence-electron chi connectivity index (χ1n) is 7.10. The zero-order valence-electron chi connectivity index (χ0n) is 12.3. The van der Waals surface area contributed by atoms with Crippen LogP contribution in [0.2, 0.25) is 0 Å². The van der Waals surface area contributed by atoms with Crippen molar-refractivity contribution >= 4 is 12.1 Å². The Morgan fingerprint density at radius 3 is 2.52 bits per heavy atom. The summed E-state index contributed by atoms with van der Waals surface area (Å²) in [5.41, 5.74) is 4.43. The maximum Gasteiger partial charge on any atom is 0.275 e. The first-order valence-corrected chi connectivity index (χ1v) is 7.10. The van der Waals surface area contributed by atoms with Gasteiger partial charge in [-0.3, -0.25) is 4.79 Å². The summed E-state index contributed by atoms with van der Waals surface area (Å²) in [7, 11) is 0. The van der Waals surface area contributed by atoms with Crippen molar-refractivity contribution in [2.24, 2.45) is 5.10 Å². The molecule has 0 saturated carbocycles. The smallest absolute Gasteiger partial charge is 0.275 e. The van der Waals surface area contributed by atoms with E-state index in [2.05, 4.69) is 10.5 Å². The molecule has 1 amide bonds. The quantitative estimate of drug-likeness (QED) is 0.575. The fourth-order valence-corrected chi connectivity index (χ4v) is 2.21. The molecular weight excluding hydrogens is 290 g/mol. The second-order valence-electron chi connectivity index (χ2n) is 4.85. The number of nitrogens with one attached hydrogen (secondary N) is 1. The molecule has 0 aliphatic carbocycles. The number of para-hydroxylation sites is 2. The Bertz CT molecular complexity index is 838. The SMILES string of the molecule is O=C(N/N=C/c1cccn1-c1ccccc1)c1ccccc1O. The average Bonchev–Trinajstić information content (AvgIpc) is 3.04. The molecule has 23 heavy (non-hydrogen) atoms. The minimum Gasteiger partial charge on any atom is -0.507 e. The average molecular weight is 305 g/mol. The number of aromatic hydroxyl groups is 1. The summed E-state index contributed by atoms with van der Waals surface area (Å²) in [6, 6.07) is 19.9. The molecule has 0 unspecified atom stereocenters. The van der Waals surface area contributed by atoms with Crippen LogP contribution in [-0.4, -0.2) is 21.8 Å². The lowest BCUT2D eigenvalue weighted by atomic mass is 10.2. The number of phenolic OH excluding ortho intramolecular Hbond substituents is 1. The molecular formula is C18H15N3O2. The molecule has 0 aliphatic rings. The van der Waals surface area contributed by atoms with Crippen LogP contribution in [0, 0.1) is 0 Å². The molecule has 2 aromatic carbocycles. The van der Waals surface area contributed by atoms with E-state index >= 15 is 0 Å². The zero-order valence-corrected chi connectivity index (χ0v) is 12.3. The molecule has 5 nitrogen and oxygen atoms in total. The number of phenols is 1. The molecule has 1 aromatic heterocycles. The van der Waals surface area contributed by atoms with Gasteiger partial charge in [0.15, 0.2) is 0 Å². The summed E-state index contributed by atoms with van der Waals surface area (Å²) in [5, 5.41) is 13.6. The molecule has 0 aliphatic heterocycles. The van der Waals surface area contributed by atoms with E-state index in [9.17, 15) is 9.90 Å². The number of hydrazone groups is 1. The largest absolute Gasteiger partial charge is 0.507 e. The van der Waals surface area contributed by atoms with Gasteiger partial charge in [0.2, 0.25) is 0 Å². The number of hydrogen-bond acceptors (Lipinski definition) is 3. The third kappa shape index (κ3) is 3.29. The highest BCUT2D eigenvalue weighted by Crippen LogP contribution is 2.15. The molecule has 5 heteroatoms. The van der Waals surface area contributed by atoms with Gasteiger partial charge in [0.25, 0.3) is 5.91 Å². The summed E-state index contributed by atoms with van der Waals surface area (Å²) < 4.78 is 1.95. The Morgan fingerprint density at radius 1 is 1.00 bits per heavy atom. The number of amides is 1. The van der Waals surface area contributed by atoms with Gasteiger partial charge in [-0.15, -0.1) is 0 Å². The third-order valence-corrected chi connectivity index (χ3v) is 3.33. The Hall–Kier alpha value is -3.34. The number of benzene rings is 2. The van der Waals surface area contributed by atoms with E-state index in [1.165, 1.54) is 12.1 Å². The van der Waals surface area contributed by atoms with Crippen LogP contribution in [0.1, 0.15) is 16.1 Å². The molecule has 0 spiro atoms. The fraction of sp³-hybridized carbons (Fsp3) is 0. The molecule has 0 fully saturated rings. The van der Waals surface area contributed by atoms with Gasteiger partial charge in [-0.2, -0.15) is 5.10 Å². The van der Waals surface area contributed by atoms with Crippen LogP contribution in [0.4, 0.5) is 0 Å². The highest BCUT2D eigenvalue weighted by atomic mass is 16.3. The molecule has 0 atom stereocenters. The van der Waals surface area contributed by atoms with Gasteiger partial charge < -0.3 is 9.67 Å². The second kappa shape index (κ2) is 6.62. The van der Waals surface area contributed by atoms with Crippen LogP contribution >= 0.6 is 0 Å². The minimum atomic E-state index is -0.461. The molecule has 1 heterocycles. The summed E-state index contributed by atoms with van der Waals surface area (Å²) >= 11 is 0. The lowest BCUT2D eigenvalue weighted by Crippen LogP contribution is -2.17. The molecule has 0 bridgehead atoms. The van der Waals surface area contributed by atoms with Gasteiger partial charge in [-0.25, -0.2) is 5.43 Å². The van der Waals surface area contributed by atoms with Crippen molar-refractivity contribution in [1.82, 2.24) is 9.99 Å². The Kier molecular flexibility index (Phi) is 4.20. The van der Waals surface area contributed by atoms with Gasteiger partial charge >= 0.3 is 0 Å². The fourth-order valence-electron chi connectivity index (χ4n) is 2.21. The Morgan fingerprint density at radius 2 is 1.74 bits per heavy atom. The topological polar surface area (TPSA) is 66.6 Å². The van der Waals surface area contributed by atoms with Crippen LogP contribution in [0.5, 0.6) is 5.75 Å². The van der Waals surface area contributed by atoms with Crippen molar-refractivity contribution in [2.75, 3.05) is 0 Å². The van der Waals surface area contributed by atoms with E-state index in [4.69, 9.17) is 0 Å². The number of carbonyl (C=O) groups is 1. The number of carbonyl (C=O) groups excluding carboxylic acids is 1. The van der Waals surface area contributed by atoms with Crippen LogP contribution < -0.4 is 5.43 Å². The first kappa shape index (κ1) is 14.6. The number of rotatable bonds is 4. The van der Waals surface area contributed by atoms with Gasteiger partial charge in [0, 0.05) is 11.9 Å². The predicted octanol–water partition coefficient (Wildman–Crippen LogP) is 2.95. The highest BCUT2D eigenvalue weighted by Gasteiger charge is 2.08. The second-order valence-corrected chi connectivity index (χ2v) is 4.85. The van der Waals surface area contributed by atoms with E-state index in [0.717, 1.165) is 11.4 Å². The van der Waals surface area contributed by atoms with Crippen LogP contribution in [-0.2, 0) is 0 Å². The summed E-state index contributed by atoms with van der Waals surface area (Å²) in [6.07, 6.45) is 3.48. The van der Waals surface area contributed by atoms with Crippen LogP contribution in [0.25, 0.3) is 5.69 Å². The van der Waals surface area contributed by atoms with Crippen molar-refractivity contribution < 1.29 is 9.90 Å². The normalized spacial score (nSPS) is 10.8. The van der Waals surface area contributed by atoms with Gasteiger partial charge in [-0.05, 0) is 36.4 Å². The summed E-state index contributed by atoms with van der Waals surface area (Å²) in [5.74, 6) is -0.537. The molecule has 0 saturated heterocycles. The molecule has 3 rings (SSSR count). The lowest BCUT2D eigenvalue weighted by Gasteiger charge is -2.05. The van der Waals surface area contributed by atoms with Gasteiger partial charge in [-0.1, -0.05) is 30.3 Å². The predicted molar refractivity (Wildman–Crippen MR) is 88.9 cm³/mol. The summed E-state index contributed by atoms with van der Waals surface area (Å²) in [4.78, 5) is 12.0. The van der Waals surface area contributed by atoms with E-state index in [-0.39, 0.29) is 11.3 Å². The lowest BCUT2D eigenvalue weighted by molar-refractivity contribution is 0.0952. The van der Waals surface area contributed by atoms with E-state index in [0.29, 0.717) is 0 Å². The summed E-state index contributed by atoms with van der Waals surface area (Å²) in [6.45, 7) is 0. The Balaban J connectivity index is 1.74. The van der Waals surface area contributed by atoms with Gasteiger partial charge in [0.1, 0.15) is 5.75 Å². The van der Waals surface area contributed by atoms with Crippen molar-refractivity contribution in [2.45, 2.75) is 0 Å². The van der Waals surface area contributed by atoms with Crippen molar-refractivity contribution in [3.63, 3.8) is 0 Å². The maximum absolute atomic E-state index is 12.0. The zero-order chi connectivity index (χ0) is 16.1. The van der Waals surface area contributed by atoms with E-state index in [1.54, 1.807) is 18.3 Å². The molecule has 2 N–H and O–H groups in total. The standard InChI is InChI=1S/C18H15N3O2/c22-17-11-5-4-10-16(17)18(23)20-19-13-15-9-6-12-21(15)14-7-2-1-3-8-14/h1-13,22H,(H,20,23)/b19-13+. The Labute approximate surface area is 133 Å². The first-order chi connectivity index (χ1) is 11.3. The minimum absolute atomic E-state index is 0.0761. The molecule has 0 radical (unpaired) electrons. The monoisotopic (exact) mass is 305 g/mol. The van der Waals surface area contributed by atoms with Crippen LogP contribution in [0.3, 0.4) is 0 Å². The maximum atomic E-state index is 12.0. The van der Waals surface area contributed by atoms with Crippen LogP contribution in [0.15, 0.2) is 78.0 Å².